The summed E-state index contributed by atoms with van der Waals surface area (Å²) in [7, 11) is 1.45. The largest absolute Gasteiger partial charge is 0.496 e. The molecule has 0 aliphatic rings. The van der Waals surface area contributed by atoms with Crippen LogP contribution < -0.4 is 9.47 Å². The molecule has 0 saturated heterocycles. The monoisotopic (exact) mass is 468 g/mol. The Balaban J connectivity index is 1.57. The maximum atomic E-state index is 12.3. The van der Waals surface area contributed by atoms with Crippen molar-refractivity contribution in [1.29, 1.82) is 0 Å². The second kappa shape index (κ2) is 9.84. The van der Waals surface area contributed by atoms with Crippen molar-refractivity contribution in [1.82, 2.24) is 0 Å². The van der Waals surface area contributed by atoms with E-state index in [1.54, 1.807) is 48.5 Å². The number of esters is 2. The van der Waals surface area contributed by atoms with Gasteiger partial charge >= 0.3 is 11.9 Å². The van der Waals surface area contributed by atoms with Crippen molar-refractivity contribution in [3.63, 3.8) is 0 Å². The minimum absolute atomic E-state index is 0.239. The molecule has 3 aromatic carbocycles. The molecular weight excluding hydrogens is 452 g/mol. The summed E-state index contributed by atoms with van der Waals surface area (Å²) in [5, 5.41) is 0. The van der Waals surface area contributed by atoms with Crippen molar-refractivity contribution in [2.75, 3.05) is 13.7 Å². The number of para-hydroxylation sites is 1. The predicted molar refractivity (Wildman–Crippen MR) is 113 cm³/mol. The average Bonchev–Trinajstić information content (AvgIpc) is 2.78. The first-order valence-electron chi connectivity index (χ1n) is 8.89. The molecular formula is C23H17BrO6. The third-order valence-corrected chi connectivity index (χ3v) is 4.66. The van der Waals surface area contributed by atoms with Gasteiger partial charge in [0.15, 0.2) is 12.4 Å². The van der Waals surface area contributed by atoms with Crippen molar-refractivity contribution in [3.8, 4) is 11.5 Å². The first-order valence-corrected chi connectivity index (χ1v) is 9.68. The highest BCUT2D eigenvalue weighted by atomic mass is 79.9. The summed E-state index contributed by atoms with van der Waals surface area (Å²) in [4.78, 5) is 36.6. The van der Waals surface area contributed by atoms with Crippen molar-refractivity contribution >= 4 is 33.7 Å². The zero-order chi connectivity index (χ0) is 21.5. The van der Waals surface area contributed by atoms with Crippen LogP contribution in [0.4, 0.5) is 0 Å². The Hall–Kier alpha value is -3.45. The number of carbonyl (C=O) groups is 3. The van der Waals surface area contributed by atoms with E-state index in [2.05, 4.69) is 15.9 Å². The Bertz CT molecular complexity index is 1060. The second-order valence-electron chi connectivity index (χ2n) is 6.12. The molecule has 0 aliphatic carbocycles. The summed E-state index contributed by atoms with van der Waals surface area (Å²) in [6.45, 7) is -0.422. The lowest BCUT2D eigenvalue weighted by atomic mass is 10.1. The second-order valence-corrected chi connectivity index (χ2v) is 7.04. The smallest absolute Gasteiger partial charge is 0.343 e. The summed E-state index contributed by atoms with van der Waals surface area (Å²) in [5.74, 6) is -0.880. The SMILES string of the molecule is COc1ccccc1C(=O)OCC(=O)c1ccc(OC(=O)c2ccc(Br)cc2)cc1. The van der Waals surface area contributed by atoms with Crippen molar-refractivity contribution < 1.29 is 28.6 Å². The molecule has 3 aromatic rings. The molecule has 0 bridgehead atoms. The zero-order valence-electron chi connectivity index (χ0n) is 16.0. The minimum atomic E-state index is -0.652. The molecule has 0 fully saturated rings. The lowest BCUT2D eigenvalue weighted by Crippen LogP contribution is -2.15. The Morgan fingerprint density at radius 2 is 1.43 bits per heavy atom. The van der Waals surface area contributed by atoms with Gasteiger partial charge in [0, 0.05) is 10.0 Å². The normalized spacial score (nSPS) is 10.2. The highest BCUT2D eigenvalue weighted by molar-refractivity contribution is 9.10. The van der Waals surface area contributed by atoms with Crippen molar-refractivity contribution in [3.05, 3.63) is 94.0 Å². The van der Waals surface area contributed by atoms with Crippen LogP contribution in [0.3, 0.4) is 0 Å². The van der Waals surface area contributed by atoms with E-state index in [1.807, 2.05) is 0 Å². The van der Waals surface area contributed by atoms with Gasteiger partial charge in [-0.2, -0.15) is 0 Å². The Labute approximate surface area is 181 Å². The first kappa shape index (κ1) is 21.3. The van der Waals surface area contributed by atoms with Crippen LogP contribution in [0.2, 0.25) is 0 Å². The summed E-state index contributed by atoms with van der Waals surface area (Å²) in [6.07, 6.45) is 0. The number of halogens is 1. The van der Waals surface area contributed by atoms with E-state index in [0.717, 1.165) is 4.47 Å². The average molecular weight is 469 g/mol. The van der Waals surface area contributed by atoms with Gasteiger partial charge in [-0.15, -0.1) is 0 Å². The van der Waals surface area contributed by atoms with E-state index in [4.69, 9.17) is 14.2 Å². The van der Waals surface area contributed by atoms with Gasteiger partial charge in [0.05, 0.1) is 12.7 Å². The van der Waals surface area contributed by atoms with Gasteiger partial charge in [0.1, 0.15) is 17.1 Å². The molecule has 152 valence electrons. The van der Waals surface area contributed by atoms with E-state index in [1.165, 1.54) is 31.4 Å². The molecule has 0 saturated carbocycles. The van der Waals surface area contributed by atoms with E-state index >= 15 is 0 Å². The third-order valence-electron chi connectivity index (χ3n) is 4.13. The lowest BCUT2D eigenvalue weighted by Gasteiger charge is -2.08. The number of ether oxygens (including phenoxy) is 3. The summed E-state index contributed by atoms with van der Waals surface area (Å²) in [5.41, 5.74) is 0.968. The van der Waals surface area contributed by atoms with Crippen LogP contribution >= 0.6 is 15.9 Å². The van der Waals surface area contributed by atoms with E-state index in [-0.39, 0.29) is 11.3 Å². The highest BCUT2D eigenvalue weighted by Crippen LogP contribution is 2.19. The van der Waals surface area contributed by atoms with Crippen molar-refractivity contribution in [2.24, 2.45) is 0 Å². The molecule has 0 aromatic heterocycles. The molecule has 3 rings (SSSR count). The molecule has 0 radical (unpaired) electrons. The maximum absolute atomic E-state index is 12.3. The maximum Gasteiger partial charge on any atom is 0.343 e. The number of ketones is 1. The molecule has 0 unspecified atom stereocenters. The molecule has 7 heteroatoms. The number of Topliss-reactive ketones (excluding diaryl/α,β-unsaturated/α-hetero) is 1. The first-order chi connectivity index (χ1) is 14.5. The number of carbonyl (C=O) groups excluding carboxylic acids is 3. The highest BCUT2D eigenvalue weighted by Gasteiger charge is 2.16. The molecule has 30 heavy (non-hydrogen) atoms. The topological polar surface area (TPSA) is 78.9 Å². The van der Waals surface area contributed by atoms with Crippen LogP contribution in [0.15, 0.2) is 77.3 Å². The van der Waals surface area contributed by atoms with Crippen LogP contribution in [0, 0.1) is 0 Å². The molecule has 0 atom stereocenters. The van der Waals surface area contributed by atoms with Gasteiger partial charge in [0.25, 0.3) is 0 Å². The molecule has 0 heterocycles. The Morgan fingerprint density at radius 3 is 2.10 bits per heavy atom. The zero-order valence-corrected chi connectivity index (χ0v) is 17.5. The lowest BCUT2D eigenvalue weighted by molar-refractivity contribution is 0.0471. The Morgan fingerprint density at radius 1 is 0.800 bits per heavy atom. The molecule has 6 nitrogen and oxygen atoms in total. The van der Waals surface area contributed by atoms with Crippen LogP contribution in [0.5, 0.6) is 11.5 Å². The van der Waals surface area contributed by atoms with Crippen LogP contribution in [0.25, 0.3) is 0 Å². The summed E-state index contributed by atoms with van der Waals surface area (Å²) < 4.78 is 16.3. The quantitative estimate of drug-likeness (QED) is 0.283. The van der Waals surface area contributed by atoms with E-state index in [0.29, 0.717) is 22.6 Å². The minimum Gasteiger partial charge on any atom is -0.496 e. The summed E-state index contributed by atoms with van der Waals surface area (Å²) in [6, 6.07) is 19.4. The van der Waals surface area contributed by atoms with Gasteiger partial charge in [-0.3, -0.25) is 4.79 Å². The predicted octanol–water partition coefficient (Wildman–Crippen LogP) is 4.72. The van der Waals surface area contributed by atoms with Crippen LogP contribution in [-0.2, 0) is 4.74 Å². The fourth-order valence-electron chi connectivity index (χ4n) is 2.57. The van der Waals surface area contributed by atoms with Crippen LogP contribution in [0.1, 0.15) is 31.1 Å². The number of hydrogen-bond acceptors (Lipinski definition) is 6. The number of rotatable bonds is 7. The van der Waals surface area contributed by atoms with Gasteiger partial charge in [-0.25, -0.2) is 9.59 Å². The number of benzene rings is 3. The van der Waals surface area contributed by atoms with Gasteiger partial charge < -0.3 is 14.2 Å². The van der Waals surface area contributed by atoms with E-state index < -0.39 is 18.5 Å². The molecule has 0 spiro atoms. The molecule has 0 aliphatic heterocycles. The Kier molecular flexibility index (Phi) is 6.98. The van der Waals surface area contributed by atoms with E-state index in [9.17, 15) is 14.4 Å². The van der Waals surface area contributed by atoms with Crippen molar-refractivity contribution in [2.45, 2.75) is 0 Å². The third kappa shape index (κ3) is 5.33. The number of methoxy groups -OCH3 is 1. The van der Waals surface area contributed by atoms with Gasteiger partial charge in [-0.1, -0.05) is 28.1 Å². The van der Waals surface area contributed by atoms with Crippen LogP contribution in [-0.4, -0.2) is 31.4 Å². The fourth-order valence-corrected chi connectivity index (χ4v) is 2.83. The standard InChI is InChI=1S/C23H17BrO6/c1-28-21-5-3-2-4-19(21)23(27)29-14-20(25)15-8-12-18(13-9-15)30-22(26)16-6-10-17(24)11-7-16/h2-13H,14H2,1H3. The van der Waals surface area contributed by atoms with Gasteiger partial charge in [0.2, 0.25) is 0 Å². The van der Waals surface area contributed by atoms with Gasteiger partial charge in [-0.05, 0) is 60.7 Å². The fraction of sp³-hybridized carbons (Fsp3) is 0.0870. The molecule has 0 amide bonds. The number of hydrogen-bond donors (Lipinski definition) is 0. The molecule has 0 N–H and O–H groups in total. The summed E-state index contributed by atoms with van der Waals surface area (Å²) >= 11 is 3.30.